The maximum absolute atomic E-state index is 12.1. The highest BCUT2D eigenvalue weighted by Crippen LogP contribution is 2.26. The number of amidine groups is 2. The monoisotopic (exact) mass is 1580 g/mol. The smallest absolute Gasteiger partial charge is 0.384 e. The van der Waals surface area contributed by atoms with Gasteiger partial charge in [-0.15, -0.1) is 12.4 Å². The van der Waals surface area contributed by atoms with Gasteiger partial charge >= 0.3 is 24.1 Å². The van der Waals surface area contributed by atoms with Gasteiger partial charge in [0.2, 0.25) is 0 Å². The van der Waals surface area contributed by atoms with Crippen LogP contribution in [0.5, 0.6) is 0 Å². The summed E-state index contributed by atoms with van der Waals surface area (Å²) in [6, 6.07) is 29.6. The van der Waals surface area contributed by atoms with Gasteiger partial charge in [-0.05, 0) is 151 Å². The number of carbonyl (C=O) groups is 3. The van der Waals surface area contributed by atoms with Crippen LogP contribution >= 0.6 is 12.4 Å². The van der Waals surface area contributed by atoms with Crippen molar-refractivity contribution >= 4 is 79.7 Å². The van der Waals surface area contributed by atoms with Crippen LogP contribution in [0.3, 0.4) is 0 Å². The van der Waals surface area contributed by atoms with Crippen molar-refractivity contribution in [2.45, 2.75) is 305 Å². The number of sulfonamides is 2. The Bertz CT molecular complexity index is 3500. The number of halogens is 3. The van der Waals surface area contributed by atoms with Crippen LogP contribution in [-0.4, -0.2) is 92.7 Å². The van der Waals surface area contributed by atoms with Gasteiger partial charge in [-0.3, -0.25) is 21.0 Å². The fourth-order valence-electron chi connectivity index (χ4n) is 13.9. The molecule has 0 radical (unpaired) electrons. The Balaban J connectivity index is 0.000000335. The largest absolute Gasteiger partial charge is 1.00 e. The topological polar surface area (TPSA) is 364 Å². The van der Waals surface area contributed by atoms with Crippen LogP contribution in [-0.2, 0) is 20.0 Å². The molecule has 2 aromatic heterocycles. The third-order valence-electron chi connectivity index (χ3n) is 19.5. The van der Waals surface area contributed by atoms with Crippen molar-refractivity contribution in [3.63, 3.8) is 0 Å². The quantitative estimate of drug-likeness (QED) is 0.0187. The molecule has 6 aliphatic rings. The average Bonchev–Trinajstić information content (AvgIpc) is 1.20. The summed E-state index contributed by atoms with van der Waals surface area (Å²) in [5, 5.41) is 11.3. The molecule has 15 N–H and O–H groups in total. The normalized spacial score (nSPS) is 17.8. The number of rotatable bonds is 12. The van der Waals surface area contributed by atoms with Crippen molar-refractivity contribution < 1.29 is 65.6 Å². The number of nitrogens with zero attached hydrogens (tertiary/aromatic N) is 5. The molecule has 23 nitrogen and oxygen atoms in total. The zero-order valence-electron chi connectivity index (χ0n) is 63.8. The number of pyridine rings is 1. The summed E-state index contributed by atoms with van der Waals surface area (Å²) in [7, 11) is -7.65. The number of hydrogen-bond acceptors (Lipinski definition) is 11. The minimum atomic E-state index is -3.85. The van der Waals surface area contributed by atoms with Gasteiger partial charge in [-0.1, -0.05) is 194 Å². The molecule has 3 aromatic carbocycles. The van der Waals surface area contributed by atoms with Crippen molar-refractivity contribution in [2.75, 3.05) is 11.1 Å². The number of nitrogens with one attached hydrogen (secondary N) is 7. The molecule has 6 amide bonds. The van der Waals surface area contributed by atoms with E-state index in [1.54, 1.807) is 38.2 Å². The predicted octanol–water partition coefficient (Wildman–Crippen LogP) is 7.85. The predicted molar refractivity (Wildman–Crippen MR) is 427 cm³/mol. The molecule has 6 aliphatic carbocycles. The van der Waals surface area contributed by atoms with E-state index in [0.29, 0.717) is 53.3 Å². The van der Waals surface area contributed by atoms with E-state index in [-0.39, 0.29) is 65.1 Å². The van der Waals surface area contributed by atoms with Crippen molar-refractivity contribution in [1.29, 1.82) is 0 Å². The van der Waals surface area contributed by atoms with Crippen LogP contribution in [0, 0.1) is 13.8 Å². The number of aryl methyl sites for hydroxylation is 2. The molecule has 28 heteroatoms. The highest BCUT2D eigenvalue weighted by molar-refractivity contribution is 7.90. The minimum absolute atomic E-state index is 0. The first kappa shape index (κ1) is 93.9. The summed E-state index contributed by atoms with van der Waals surface area (Å²) in [4.78, 5) is 55.4. The molecule has 0 unspecified atom stereocenters. The molecule has 0 aliphatic heterocycles. The van der Waals surface area contributed by atoms with Gasteiger partial charge in [0.1, 0.15) is 11.6 Å². The second-order valence-corrected chi connectivity index (χ2v) is 32.0. The van der Waals surface area contributed by atoms with Crippen molar-refractivity contribution in [2.24, 2.45) is 27.2 Å². The van der Waals surface area contributed by atoms with Crippen LogP contribution in [0.25, 0.3) is 11.1 Å². The van der Waals surface area contributed by atoms with E-state index in [4.69, 9.17) is 22.9 Å². The number of benzene rings is 3. The zero-order valence-corrected chi connectivity index (χ0v) is 67.7. The van der Waals surface area contributed by atoms with E-state index in [9.17, 15) is 31.2 Å². The maximum Gasteiger partial charge on any atom is 0.384 e. The highest BCUT2D eigenvalue weighted by atomic mass is 35.5. The lowest BCUT2D eigenvalue weighted by Gasteiger charge is -2.16. The Hall–Kier alpha value is -7.32. The Morgan fingerprint density at radius 3 is 1.27 bits per heavy atom. The number of hydrogen-bond donors (Lipinski definition) is 11. The molecule has 596 valence electrons. The number of aliphatic imine (C=N–C) groups is 2. The average molecular weight is 1580 g/mol. The molecular formula is C79H125Cl3N16O7S2. The second-order valence-electron chi connectivity index (χ2n) is 28.6. The molecule has 5 aromatic rings. The van der Waals surface area contributed by atoms with Gasteiger partial charge in [-0.25, -0.2) is 55.2 Å². The SMILES string of the molecule is CC(N)=NC(N)=[NH+]C1CCCCCC1.CC(N)=NC1CCCCCC1.Cc1ccc(S(=O)(=O)NC(=O)NC2CCCCCC2)cc1.Cc1nccc(NC(=O)NC2CCCCCC2)n1.Cl.Nc1ccc(S(=O)(=O)NC(=O)NC2CCCCCC2)cc1.[Cl-].[Cl-].c1ccc(-c2cc[n+](C3CCCCCC3)cc2)cc1. The van der Waals surface area contributed by atoms with Crippen molar-refractivity contribution in [1.82, 2.24) is 35.4 Å². The fraction of sp³-hybridized carbons (Fsp3) is 0.582. The second kappa shape index (κ2) is 52.7. The van der Waals surface area contributed by atoms with Gasteiger partial charge in [0.15, 0.2) is 24.3 Å². The molecule has 6 fully saturated rings. The number of amides is 6. The lowest BCUT2D eigenvalue weighted by atomic mass is 10.1. The summed E-state index contributed by atoms with van der Waals surface area (Å²) in [6.07, 6.45) is 49.8. The fourth-order valence-corrected chi connectivity index (χ4v) is 15.7. The molecule has 107 heavy (non-hydrogen) atoms. The van der Waals surface area contributed by atoms with Gasteiger partial charge in [0.25, 0.3) is 20.0 Å². The van der Waals surface area contributed by atoms with Gasteiger partial charge in [0, 0.05) is 61.9 Å². The Morgan fingerprint density at radius 1 is 0.477 bits per heavy atom. The van der Waals surface area contributed by atoms with Crippen LogP contribution < -0.4 is 88.0 Å². The summed E-state index contributed by atoms with van der Waals surface area (Å²) in [5.41, 5.74) is 26.2. The first-order chi connectivity index (χ1) is 50.1. The van der Waals surface area contributed by atoms with Crippen LogP contribution in [0.15, 0.2) is 135 Å². The molecule has 0 saturated heterocycles. The molecule has 0 bridgehead atoms. The van der Waals surface area contributed by atoms with Gasteiger partial charge in [-0.2, -0.15) is 0 Å². The summed E-state index contributed by atoms with van der Waals surface area (Å²) < 4.78 is 54.8. The van der Waals surface area contributed by atoms with E-state index in [1.165, 1.54) is 214 Å². The Labute approximate surface area is 657 Å². The van der Waals surface area contributed by atoms with Crippen molar-refractivity contribution in [3.05, 3.63) is 127 Å². The standard InChI is InChI=1S/C18H22N.C15H22N2O3S.C14H21N3O3S.C13H20N4O.C10H20N4.C9H18N2.3ClH/c1-2-7-11-18(10-6-1)19-14-12-17(13-15-19)16-8-4-3-5-9-16;1-12-8-10-14(11-9-12)21(19,20)17-15(18)16-13-6-4-2-3-5-7-13;15-11-7-9-13(10-8-11)21(19,20)17-14(18)16-12-5-3-1-2-4-6-12;1-10-14-9-8-12(15-10)17-13(18)16-11-6-4-2-3-5-7-11;1-8(11)13-10(12)14-9-6-4-2-3-5-7-9;1-8(10)11-9-6-4-2-3-5-7-9;;;/h3-5,8-9,12-15,18H,1-2,6-7,10-11H2;8-11,13H,2-7H2,1H3,(H2,16,17,18);7-10,12H,1-6,15H2,(H2,16,17,18);8-9,11H,2-7H2,1H3,(H2,14,15,16,17,18);9H,2-7H2,1H3,(H4,11,12,13,14);9H,2-7H2,1H3,(H2,10,11);3*1H/q+1;;;;;;;;/p-1. The molecular weight excluding hydrogens is 1460 g/mol. The number of urea groups is 3. The van der Waals surface area contributed by atoms with Gasteiger partial charge < -0.3 is 58.0 Å². The molecule has 6 saturated carbocycles. The molecule has 2 heterocycles. The van der Waals surface area contributed by atoms with Gasteiger partial charge in [0.05, 0.1) is 27.7 Å². The number of nitrogens with two attached hydrogens (primary N) is 4. The molecule has 11 rings (SSSR count). The summed E-state index contributed by atoms with van der Waals surface area (Å²) in [6.45, 7) is 7.30. The Morgan fingerprint density at radius 2 is 0.860 bits per heavy atom. The lowest BCUT2D eigenvalue weighted by Crippen LogP contribution is -3.00. The van der Waals surface area contributed by atoms with E-state index >= 15 is 0 Å². The number of aromatic nitrogens is 3. The van der Waals surface area contributed by atoms with E-state index < -0.39 is 32.1 Å². The highest BCUT2D eigenvalue weighted by Gasteiger charge is 2.25. The van der Waals surface area contributed by atoms with Crippen LogP contribution in [0.4, 0.5) is 25.9 Å². The first-order valence-electron chi connectivity index (χ1n) is 38.6. The summed E-state index contributed by atoms with van der Waals surface area (Å²) >= 11 is 0. The lowest BCUT2D eigenvalue weighted by molar-refractivity contribution is -0.724. The third-order valence-corrected chi connectivity index (χ3v) is 22.2. The number of guanidine groups is 1. The maximum atomic E-state index is 12.1. The van der Waals surface area contributed by atoms with Crippen LogP contribution in [0.1, 0.15) is 262 Å². The zero-order chi connectivity index (χ0) is 74.8. The first-order valence-corrected chi connectivity index (χ1v) is 41.6. The third kappa shape index (κ3) is 39.6. The number of carbonyl (C=O) groups excluding carboxylic acids is 3. The number of nitrogen functional groups attached to an aromatic ring is 1. The van der Waals surface area contributed by atoms with E-state index in [2.05, 4.69) is 110 Å². The Kier molecular flexibility index (Phi) is 46.2. The summed E-state index contributed by atoms with van der Waals surface area (Å²) in [5.74, 6) is 2.91. The van der Waals surface area contributed by atoms with E-state index in [1.807, 2.05) is 18.6 Å². The minimum Gasteiger partial charge on any atom is -1.00 e. The van der Waals surface area contributed by atoms with Crippen molar-refractivity contribution in [3.8, 4) is 11.1 Å². The molecule has 0 spiro atoms. The molecule has 0 atom stereocenters. The van der Waals surface area contributed by atoms with Crippen LogP contribution in [0.2, 0.25) is 0 Å². The van der Waals surface area contributed by atoms with E-state index in [0.717, 1.165) is 75.6 Å². The number of anilines is 2.